The van der Waals surface area contributed by atoms with Crippen LogP contribution < -0.4 is 10.0 Å². The molecule has 2 N–H and O–H groups in total. The van der Waals surface area contributed by atoms with E-state index in [4.69, 9.17) is 0 Å². The fourth-order valence-electron chi connectivity index (χ4n) is 1.79. The maximum atomic E-state index is 14.0. The van der Waals surface area contributed by atoms with E-state index >= 15 is 0 Å². The molecule has 2 aromatic rings. The Morgan fingerprint density at radius 2 is 2.00 bits per heavy atom. The quantitative estimate of drug-likeness (QED) is 0.821. The van der Waals surface area contributed by atoms with Gasteiger partial charge in [-0.05, 0) is 46.6 Å². The van der Waals surface area contributed by atoms with Crippen molar-refractivity contribution >= 4 is 21.4 Å². The lowest BCUT2D eigenvalue weighted by Gasteiger charge is -2.09. The smallest absolute Gasteiger partial charge is 0.243 e. The summed E-state index contributed by atoms with van der Waals surface area (Å²) < 4.78 is 40.6. The van der Waals surface area contributed by atoms with Crippen molar-refractivity contribution in [2.45, 2.75) is 24.9 Å². The van der Waals surface area contributed by atoms with Crippen LogP contribution in [0.4, 0.5) is 4.39 Å². The van der Waals surface area contributed by atoms with Gasteiger partial charge in [-0.1, -0.05) is 13.0 Å². The lowest BCUT2D eigenvalue weighted by Crippen LogP contribution is -2.24. The van der Waals surface area contributed by atoms with Crippen LogP contribution in [0.5, 0.6) is 0 Å². The summed E-state index contributed by atoms with van der Waals surface area (Å²) >= 11 is 1.48. The Labute approximate surface area is 128 Å². The summed E-state index contributed by atoms with van der Waals surface area (Å²) in [6.45, 7) is 3.38. The molecule has 0 unspecified atom stereocenters. The minimum atomic E-state index is -3.85. The second-order valence-corrected chi connectivity index (χ2v) is 7.02. The number of hydrogen-bond acceptors (Lipinski definition) is 4. The highest BCUT2D eigenvalue weighted by molar-refractivity contribution is 7.89. The lowest BCUT2D eigenvalue weighted by molar-refractivity contribution is 0.555. The Hall–Kier alpha value is -1.28. The van der Waals surface area contributed by atoms with Crippen LogP contribution in [-0.4, -0.2) is 15.0 Å². The number of thiophene rings is 1. The highest BCUT2D eigenvalue weighted by Gasteiger charge is 2.19. The second kappa shape index (κ2) is 7.13. The number of hydrogen-bond donors (Lipinski definition) is 2. The summed E-state index contributed by atoms with van der Waals surface area (Å²) in [5, 5.41) is 6.77. The van der Waals surface area contributed by atoms with Crippen molar-refractivity contribution in [1.82, 2.24) is 10.0 Å². The van der Waals surface area contributed by atoms with Gasteiger partial charge in [0.1, 0.15) is 10.7 Å². The van der Waals surface area contributed by atoms with Crippen molar-refractivity contribution in [1.29, 1.82) is 0 Å². The first-order valence-electron chi connectivity index (χ1n) is 6.53. The van der Waals surface area contributed by atoms with Crippen molar-refractivity contribution in [2.24, 2.45) is 0 Å². The minimum absolute atomic E-state index is 0.157. The van der Waals surface area contributed by atoms with Gasteiger partial charge >= 0.3 is 0 Å². The van der Waals surface area contributed by atoms with E-state index in [9.17, 15) is 12.8 Å². The van der Waals surface area contributed by atoms with Crippen LogP contribution in [-0.2, 0) is 23.1 Å². The first-order valence-corrected chi connectivity index (χ1v) is 8.95. The van der Waals surface area contributed by atoms with Crippen LogP contribution in [0.2, 0.25) is 0 Å². The first kappa shape index (κ1) is 16.1. The summed E-state index contributed by atoms with van der Waals surface area (Å²) in [5.41, 5.74) is 1.57. The first-order chi connectivity index (χ1) is 10.0. The van der Waals surface area contributed by atoms with Crippen LogP contribution in [0.1, 0.15) is 18.1 Å². The van der Waals surface area contributed by atoms with E-state index in [1.54, 1.807) is 6.07 Å². The zero-order chi connectivity index (χ0) is 15.3. The third-order valence-electron chi connectivity index (χ3n) is 2.91. The van der Waals surface area contributed by atoms with Crippen LogP contribution in [0.25, 0.3) is 0 Å². The molecule has 0 aliphatic carbocycles. The highest BCUT2D eigenvalue weighted by Crippen LogP contribution is 2.17. The largest absolute Gasteiger partial charge is 0.313 e. The van der Waals surface area contributed by atoms with Crippen molar-refractivity contribution in [2.75, 3.05) is 6.54 Å². The molecule has 2 rings (SSSR count). The number of halogens is 1. The molecule has 0 radical (unpaired) electrons. The van der Waals surface area contributed by atoms with E-state index in [1.807, 2.05) is 23.8 Å². The normalized spacial score (nSPS) is 11.7. The van der Waals surface area contributed by atoms with Gasteiger partial charge in [0.25, 0.3) is 0 Å². The molecule has 1 aromatic carbocycles. The van der Waals surface area contributed by atoms with Gasteiger partial charge in [0.05, 0.1) is 0 Å². The van der Waals surface area contributed by atoms with E-state index in [1.165, 1.54) is 23.5 Å². The van der Waals surface area contributed by atoms with Gasteiger partial charge in [0.15, 0.2) is 0 Å². The van der Waals surface area contributed by atoms with E-state index < -0.39 is 15.8 Å². The zero-order valence-electron chi connectivity index (χ0n) is 11.6. The fraction of sp³-hybridized carbons (Fsp3) is 0.286. The van der Waals surface area contributed by atoms with Crippen molar-refractivity contribution in [3.8, 4) is 0 Å². The lowest BCUT2D eigenvalue weighted by atomic mass is 10.2. The predicted octanol–water partition coefficient (Wildman–Crippen LogP) is 2.48. The van der Waals surface area contributed by atoms with Gasteiger partial charge in [0.2, 0.25) is 10.0 Å². The molecule has 114 valence electrons. The van der Waals surface area contributed by atoms with E-state index in [2.05, 4.69) is 10.0 Å². The molecule has 0 aliphatic rings. The van der Waals surface area contributed by atoms with Gasteiger partial charge in [-0.2, -0.15) is 11.3 Å². The molecule has 0 bridgehead atoms. The van der Waals surface area contributed by atoms with Crippen molar-refractivity contribution in [3.05, 3.63) is 52.0 Å². The number of rotatable bonds is 7. The molecule has 0 saturated carbocycles. The topological polar surface area (TPSA) is 58.2 Å². The summed E-state index contributed by atoms with van der Waals surface area (Å²) in [6.07, 6.45) is 0. The Kier molecular flexibility index (Phi) is 5.46. The van der Waals surface area contributed by atoms with Gasteiger partial charge in [0, 0.05) is 13.1 Å². The molecule has 0 amide bonds. The molecule has 21 heavy (non-hydrogen) atoms. The van der Waals surface area contributed by atoms with E-state index in [-0.39, 0.29) is 11.4 Å². The average Bonchev–Trinajstić information content (AvgIpc) is 2.96. The number of nitrogens with one attached hydrogen (secondary N) is 2. The SMILES string of the molecule is CCNCc1ccc(S(=O)(=O)NCc2ccsc2)c(F)c1. The van der Waals surface area contributed by atoms with Crippen LogP contribution >= 0.6 is 11.3 Å². The van der Waals surface area contributed by atoms with E-state index in [0.29, 0.717) is 12.1 Å². The minimum Gasteiger partial charge on any atom is -0.313 e. The molecule has 4 nitrogen and oxygen atoms in total. The molecule has 0 aliphatic heterocycles. The van der Waals surface area contributed by atoms with E-state index in [0.717, 1.165) is 12.1 Å². The Morgan fingerprint density at radius 1 is 1.19 bits per heavy atom. The van der Waals surface area contributed by atoms with Crippen molar-refractivity contribution in [3.63, 3.8) is 0 Å². The third-order valence-corrected chi connectivity index (χ3v) is 5.08. The molecule has 7 heteroatoms. The fourth-order valence-corrected chi connectivity index (χ4v) is 3.53. The highest BCUT2D eigenvalue weighted by atomic mass is 32.2. The Morgan fingerprint density at radius 3 is 2.62 bits per heavy atom. The summed E-state index contributed by atoms with van der Waals surface area (Å²) in [5.74, 6) is -0.733. The van der Waals surface area contributed by atoms with Crippen LogP contribution in [0.15, 0.2) is 39.9 Å². The number of sulfonamides is 1. The molecular weight excluding hydrogens is 311 g/mol. The molecule has 0 atom stereocenters. The number of benzene rings is 1. The maximum absolute atomic E-state index is 14.0. The third kappa shape index (κ3) is 4.34. The summed E-state index contributed by atoms with van der Waals surface area (Å²) in [6, 6.07) is 5.99. The van der Waals surface area contributed by atoms with Gasteiger partial charge in [-0.15, -0.1) is 0 Å². The van der Waals surface area contributed by atoms with Crippen LogP contribution in [0, 0.1) is 5.82 Å². The monoisotopic (exact) mass is 328 g/mol. The summed E-state index contributed by atoms with van der Waals surface area (Å²) in [7, 11) is -3.85. The van der Waals surface area contributed by atoms with Crippen LogP contribution in [0.3, 0.4) is 0 Å². The van der Waals surface area contributed by atoms with Crippen molar-refractivity contribution < 1.29 is 12.8 Å². The predicted molar refractivity (Wildman–Crippen MR) is 82.1 cm³/mol. The Balaban J connectivity index is 2.12. The standard InChI is InChI=1S/C14H17FN2O2S2/c1-2-16-8-11-3-4-14(13(15)7-11)21(18,19)17-9-12-5-6-20-10-12/h3-7,10,16-17H,2,8-9H2,1H3. The van der Waals surface area contributed by atoms with Gasteiger partial charge < -0.3 is 5.32 Å². The molecule has 1 aromatic heterocycles. The molecular formula is C14H17FN2O2S2. The molecule has 0 saturated heterocycles. The van der Waals surface area contributed by atoms with Gasteiger partial charge in [-0.25, -0.2) is 17.5 Å². The van der Waals surface area contributed by atoms with Gasteiger partial charge in [-0.3, -0.25) is 0 Å². The maximum Gasteiger partial charge on any atom is 0.243 e. The molecule has 1 heterocycles. The second-order valence-electron chi connectivity index (χ2n) is 4.50. The zero-order valence-corrected chi connectivity index (χ0v) is 13.2. The summed E-state index contributed by atoms with van der Waals surface area (Å²) in [4.78, 5) is -0.321. The molecule has 0 fully saturated rings. The molecule has 0 spiro atoms. The average molecular weight is 328 g/mol. The Bertz CT molecular complexity index is 685.